The van der Waals surface area contributed by atoms with E-state index >= 15 is 0 Å². The molecular weight excluding hydrogens is 200 g/mol. The molecular formula is C11H13F2NO. The Bertz CT molecular complexity index is 362. The fourth-order valence-electron chi connectivity index (χ4n) is 1.88. The number of benzene rings is 1. The first-order valence-electron chi connectivity index (χ1n) is 5.00. The summed E-state index contributed by atoms with van der Waals surface area (Å²) >= 11 is 0. The van der Waals surface area contributed by atoms with Crippen molar-refractivity contribution in [3.63, 3.8) is 0 Å². The van der Waals surface area contributed by atoms with Gasteiger partial charge in [-0.1, -0.05) is 0 Å². The number of nitrogens with zero attached hydrogens (tertiary/aromatic N) is 1. The number of anilines is 1. The van der Waals surface area contributed by atoms with Gasteiger partial charge in [-0.15, -0.1) is 0 Å². The van der Waals surface area contributed by atoms with E-state index in [9.17, 15) is 8.78 Å². The van der Waals surface area contributed by atoms with Crippen LogP contribution in [0.5, 0.6) is 5.75 Å². The van der Waals surface area contributed by atoms with Crippen molar-refractivity contribution in [2.75, 3.05) is 25.1 Å². The molecule has 0 radical (unpaired) electrons. The zero-order chi connectivity index (χ0) is 10.8. The second kappa shape index (κ2) is 4.04. The molecule has 0 spiro atoms. The predicted octanol–water partition coefficient (Wildman–Crippen LogP) is 2.57. The minimum atomic E-state index is -0.655. The lowest BCUT2D eigenvalue weighted by Crippen LogP contribution is -2.19. The van der Waals surface area contributed by atoms with Crippen molar-refractivity contribution in [3.05, 3.63) is 23.8 Å². The number of halogens is 2. The molecule has 0 aliphatic carbocycles. The van der Waals surface area contributed by atoms with Crippen molar-refractivity contribution in [3.8, 4) is 5.75 Å². The fraction of sp³-hybridized carbons (Fsp3) is 0.455. The van der Waals surface area contributed by atoms with Crippen LogP contribution in [0.25, 0.3) is 0 Å². The van der Waals surface area contributed by atoms with Gasteiger partial charge in [-0.3, -0.25) is 0 Å². The average Bonchev–Trinajstić information content (AvgIpc) is 2.71. The lowest BCUT2D eigenvalue weighted by molar-refractivity contribution is 0.384. The first-order valence-corrected chi connectivity index (χ1v) is 5.00. The molecule has 15 heavy (non-hydrogen) atoms. The highest BCUT2D eigenvalue weighted by Crippen LogP contribution is 2.29. The summed E-state index contributed by atoms with van der Waals surface area (Å²) in [5.41, 5.74) is 0.436. The lowest BCUT2D eigenvalue weighted by atomic mass is 10.2. The zero-order valence-electron chi connectivity index (χ0n) is 8.59. The molecule has 0 atom stereocenters. The van der Waals surface area contributed by atoms with Gasteiger partial charge >= 0.3 is 0 Å². The van der Waals surface area contributed by atoms with Crippen molar-refractivity contribution in [2.24, 2.45) is 0 Å². The molecule has 1 aliphatic rings. The van der Waals surface area contributed by atoms with Gasteiger partial charge in [0.1, 0.15) is 5.82 Å². The SMILES string of the molecule is COc1cc(N2CCCC2)c(F)cc1F. The van der Waals surface area contributed by atoms with Gasteiger partial charge in [0.15, 0.2) is 11.6 Å². The van der Waals surface area contributed by atoms with Crippen molar-refractivity contribution < 1.29 is 13.5 Å². The Morgan fingerprint density at radius 2 is 1.80 bits per heavy atom. The first-order chi connectivity index (χ1) is 7.22. The number of hydrogen-bond acceptors (Lipinski definition) is 2. The van der Waals surface area contributed by atoms with Crippen LogP contribution in [0.3, 0.4) is 0 Å². The van der Waals surface area contributed by atoms with Gasteiger partial charge < -0.3 is 9.64 Å². The number of methoxy groups -OCH3 is 1. The van der Waals surface area contributed by atoms with E-state index < -0.39 is 11.6 Å². The third kappa shape index (κ3) is 1.89. The Morgan fingerprint density at radius 3 is 2.40 bits per heavy atom. The van der Waals surface area contributed by atoms with E-state index in [1.54, 1.807) is 0 Å². The van der Waals surface area contributed by atoms with Crippen molar-refractivity contribution in [1.82, 2.24) is 0 Å². The molecule has 82 valence electrons. The standard InChI is InChI=1S/C11H13F2NO/c1-15-11-7-10(8(12)6-9(11)13)14-4-2-3-5-14/h6-7H,2-5H2,1H3. The highest BCUT2D eigenvalue weighted by molar-refractivity contribution is 5.53. The molecule has 2 rings (SSSR count). The molecule has 1 aromatic carbocycles. The van der Waals surface area contributed by atoms with Gasteiger partial charge in [0.25, 0.3) is 0 Å². The molecule has 0 N–H and O–H groups in total. The molecule has 1 aromatic rings. The van der Waals surface area contributed by atoms with Gasteiger partial charge in [-0.05, 0) is 12.8 Å². The number of rotatable bonds is 2. The summed E-state index contributed by atoms with van der Waals surface area (Å²) in [6.45, 7) is 1.65. The second-order valence-electron chi connectivity index (χ2n) is 3.63. The average molecular weight is 213 g/mol. The van der Waals surface area contributed by atoms with Crippen LogP contribution in [0.15, 0.2) is 12.1 Å². The molecule has 1 aliphatic heterocycles. The summed E-state index contributed by atoms with van der Waals surface area (Å²) in [7, 11) is 1.38. The van der Waals surface area contributed by atoms with Gasteiger partial charge in [-0.2, -0.15) is 0 Å². The fourth-order valence-corrected chi connectivity index (χ4v) is 1.88. The molecule has 0 amide bonds. The van der Waals surface area contributed by atoms with E-state index in [-0.39, 0.29) is 5.75 Å². The summed E-state index contributed by atoms with van der Waals surface area (Å²) in [5, 5.41) is 0. The summed E-state index contributed by atoms with van der Waals surface area (Å²) in [6, 6.07) is 2.31. The van der Waals surface area contributed by atoms with Crippen LogP contribution in [-0.2, 0) is 0 Å². The van der Waals surface area contributed by atoms with Crippen LogP contribution in [0.4, 0.5) is 14.5 Å². The molecule has 0 saturated carbocycles. The quantitative estimate of drug-likeness (QED) is 0.748. The maximum atomic E-state index is 13.5. The Hall–Kier alpha value is -1.32. The predicted molar refractivity (Wildman–Crippen MR) is 54.4 cm³/mol. The van der Waals surface area contributed by atoms with Crippen molar-refractivity contribution in [1.29, 1.82) is 0 Å². The van der Waals surface area contributed by atoms with Crippen LogP contribution in [-0.4, -0.2) is 20.2 Å². The molecule has 2 nitrogen and oxygen atoms in total. The van der Waals surface area contributed by atoms with Crippen LogP contribution >= 0.6 is 0 Å². The second-order valence-corrected chi connectivity index (χ2v) is 3.63. The van der Waals surface area contributed by atoms with Crippen LogP contribution in [0.1, 0.15) is 12.8 Å². The Labute approximate surface area is 87.5 Å². The van der Waals surface area contributed by atoms with E-state index in [1.807, 2.05) is 4.90 Å². The summed E-state index contributed by atoms with van der Waals surface area (Å²) in [5.74, 6) is -1.08. The van der Waals surface area contributed by atoms with E-state index in [0.717, 1.165) is 32.0 Å². The highest BCUT2D eigenvalue weighted by Gasteiger charge is 2.18. The Morgan fingerprint density at radius 1 is 1.13 bits per heavy atom. The third-order valence-corrected chi connectivity index (χ3v) is 2.67. The van der Waals surface area contributed by atoms with Crippen molar-refractivity contribution >= 4 is 5.69 Å². The molecule has 1 saturated heterocycles. The molecule has 1 heterocycles. The Balaban J connectivity index is 2.37. The van der Waals surface area contributed by atoms with Gasteiger partial charge in [0.05, 0.1) is 12.8 Å². The van der Waals surface area contributed by atoms with Gasteiger partial charge in [0.2, 0.25) is 0 Å². The molecule has 0 bridgehead atoms. The highest BCUT2D eigenvalue weighted by atomic mass is 19.1. The molecule has 1 fully saturated rings. The van der Waals surface area contributed by atoms with E-state index in [4.69, 9.17) is 4.74 Å². The monoisotopic (exact) mass is 213 g/mol. The summed E-state index contributed by atoms with van der Waals surface area (Å²) < 4.78 is 31.4. The van der Waals surface area contributed by atoms with E-state index in [0.29, 0.717) is 5.69 Å². The van der Waals surface area contributed by atoms with E-state index in [2.05, 4.69) is 0 Å². The van der Waals surface area contributed by atoms with Crippen LogP contribution < -0.4 is 9.64 Å². The normalized spacial score (nSPS) is 15.8. The smallest absolute Gasteiger partial charge is 0.168 e. The number of hydrogen-bond donors (Lipinski definition) is 0. The molecule has 0 aromatic heterocycles. The number of ether oxygens (including phenoxy) is 1. The molecule has 0 unspecified atom stereocenters. The molecule has 4 heteroatoms. The Kier molecular flexibility index (Phi) is 2.75. The zero-order valence-corrected chi connectivity index (χ0v) is 8.59. The van der Waals surface area contributed by atoms with Crippen LogP contribution in [0.2, 0.25) is 0 Å². The lowest BCUT2D eigenvalue weighted by Gasteiger charge is -2.19. The van der Waals surface area contributed by atoms with Crippen molar-refractivity contribution in [2.45, 2.75) is 12.8 Å². The minimum absolute atomic E-state index is 0.0956. The summed E-state index contributed by atoms with van der Waals surface area (Å²) in [6.07, 6.45) is 2.11. The summed E-state index contributed by atoms with van der Waals surface area (Å²) in [4.78, 5) is 1.91. The van der Waals surface area contributed by atoms with Gasteiger partial charge in [0, 0.05) is 25.2 Å². The minimum Gasteiger partial charge on any atom is -0.494 e. The first kappa shape index (κ1) is 10.2. The van der Waals surface area contributed by atoms with Crippen LogP contribution in [0, 0.1) is 11.6 Å². The largest absolute Gasteiger partial charge is 0.494 e. The maximum absolute atomic E-state index is 13.5. The third-order valence-electron chi connectivity index (χ3n) is 2.67. The topological polar surface area (TPSA) is 12.5 Å². The van der Waals surface area contributed by atoms with E-state index in [1.165, 1.54) is 13.2 Å². The van der Waals surface area contributed by atoms with Gasteiger partial charge in [-0.25, -0.2) is 8.78 Å². The maximum Gasteiger partial charge on any atom is 0.168 e.